The van der Waals surface area contributed by atoms with Gasteiger partial charge < -0.3 is 10.1 Å². The van der Waals surface area contributed by atoms with Crippen LogP contribution in [0.15, 0.2) is 85.6 Å². The van der Waals surface area contributed by atoms with Crippen molar-refractivity contribution in [1.82, 2.24) is 25.5 Å². The number of aromatic amines is 1. The Labute approximate surface area is 190 Å². The Kier molecular flexibility index (Phi) is 5.51. The number of hydrogen-bond acceptors (Lipinski definition) is 5. The zero-order valence-corrected chi connectivity index (χ0v) is 17.9. The third-order valence-electron chi connectivity index (χ3n) is 5.49. The summed E-state index contributed by atoms with van der Waals surface area (Å²) in [6, 6.07) is 17.1. The lowest BCUT2D eigenvalue weighted by Crippen LogP contribution is -2.23. The highest BCUT2D eigenvalue weighted by molar-refractivity contribution is 5.96. The fourth-order valence-corrected chi connectivity index (χ4v) is 3.67. The second kappa shape index (κ2) is 8.92. The van der Waals surface area contributed by atoms with E-state index in [0.29, 0.717) is 23.6 Å². The van der Waals surface area contributed by atoms with Crippen LogP contribution in [-0.2, 0) is 6.54 Å². The summed E-state index contributed by atoms with van der Waals surface area (Å²) < 4.78 is 6.26. The number of nitrogens with zero attached hydrogens (tertiary/aromatic N) is 3. The van der Waals surface area contributed by atoms with Gasteiger partial charge in [0, 0.05) is 53.4 Å². The molecule has 0 fully saturated rings. The van der Waals surface area contributed by atoms with Gasteiger partial charge in [0.2, 0.25) is 0 Å². The highest BCUT2D eigenvalue weighted by Crippen LogP contribution is 2.33. The van der Waals surface area contributed by atoms with Crippen LogP contribution in [0.25, 0.3) is 22.0 Å². The topological polar surface area (TPSA) is 92.8 Å². The fourth-order valence-electron chi connectivity index (χ4n) is 3.67. The molecule has 3 aromatic heterocycles. The molecule has 0 spiro atoms. The lowest BCUT2D eigenvalue weighted by atomic mass is 10.1. The van der Waals surface area contributed by atoms with E-state index in [0.717, 1.165) is 33.2 Å². The third kappa shape index (κ3) is 4.29. The molecule has 0 atom stereocenters. The van der Waals surface area contributed by atoms with E-state index in [9.17, 15) is 4.79 Å². The van der Waals surface area contributed by atoms with E-state index >= 15 is 0 Å². The molecule has 7 heteroatoms. The second-order valence-corrected chi connectivity index (χ2v) is 7.60. The number of aromatic nitrogens is 4. The van der Waals surface area contributed by atoms with E-state index in [1.54, 1.807) is 30.9 Å². The van der Waals surface area contributed by atoms with Gasteiger partial charge >= 0.3 is 0 Å². The Hall–Kier alpha value is -4.52. The number of hydrogen-bond donors (Lipinski definition) is 2. The molecular weight excluding hydrogens is 414 g/mol. The van der Waals surface area contributed by atoms with Gasteiger partial charge in [-0.25, -0.2) is 0 Å². The minimum absolute atomic E-state index is 0.154. The molecule has 0 saturated carbocycles. The predicted molar refractivity (Wildman–Crippen MR) is 126 cm³/mol. The minimum atomic E-state index is -0.154. The fraction of sp³-hybridized carbons (Fsp3) is 0.0769. The Morgan fingerprint density at radius 1 is 1.00 bits per heavy atom. The van der Waals surface area contributed by atoms with Crippen LogP contribution in [0.4, 0.5) is 0 Å². The predicted octanol–water partition coefficient (Wildman–Crippen LogP) is 5.05. The molecule has 5 rings (SSSR count). The van der Waals surface area contributed by atoms with Gasteiger partial charge in [-0.2, -0.15) is 5.10 Å². The van der Waals surface area contributed by atoms with Crippen LogP contribution >= 0.6 is 0 Å². The molecule has 1 amide bonds. The number of H-pyrrole nitrogens is 1. The first-order valence-corrected chi connectivity index (χ1v) is 10.5. The highest BCUT2D eigenvalue weighted by Gasteiger charge is 2.14. The van der Waals surface area contributed by atoms with E-state index in [2.05, 4.69) is 25.5 Å². The Balaban J connectivity index is 1.40. The summed E-state index contributed by atoms with van der Waals surface area (Å²) >= 11 is 0. The Morgan fingerprint density at radius 2 is 1.88 bits per heavy atom. The second-order valence-electron chi connectivity index (χ2n) is 7.60. The smallest absolute Gasteiger partial charge is 0.251 e. The summed E-state index contributed by atoms with van der Waals surface area (Å²) in [7, 11) is 0. The van der Waals surface area contributed by atoms with Crippen molar-refractivity contribution in [2.75, 3.05) is 0 Å². The molecule has 0 saturated heterocycles. The molecule has 3 heterocycles. The molecular formula is C26H21N5O2. The molecule has 5 aromatic rings. The van der Waals surface area contributed by atoms with Crippen molar-refractivity contribution in [3.05, 3.63) is 102 Å². The van der Waals surface area contributed by atoms with E-state index in [4.69, 9.17) is 4.74 Å². The van der Waals surface area contributed by atoms with Gasteiger partial charge in [0.15, 0.2) is 0 Å². The van der Waals surface area contributed by atoms with E-state index in [1.165, 1.54) is 0 Å². The average Bonchev–Trinajstić information content (AvgIpc) is 3.39. The first-order valence-electron chi connectivity index (χ1n) is 10.5. The maximum absolute atomic E-state index is 12.8. The number of ether oxygens (including phenoxy) is 1. The van der Waals surface area contributed by atoms with Crippen molar-refractivity contribution in [3.63, 3.8) is 0 Å². The molecule has 0 bridgehead atoms. The van der Waals surface area contributed by atoms with E-state index in [-0.39, 0.29) is 5.91 Å². The van der Waals surface area contributed by atoms with Crippen molar-refractivity contribution >= 4 is 16.8 Å². The first kappa shape index (κ1) is 20.4. The van der Waals surface area contributed by atoms with Gasteiger partial charge in [0.1, 0.15) is 11.5 Å². The Bertz CT molecular complexity index is 1420. The van der Waals surface area contributed by atoms with Crippen LogP contribution in [0.2, 0.25) is 0 Å². The van der Waals surface area contributed by atoms with E-state index in [1.807, 2.05) is 61.7 Å². The maximum atomic E-state index is 12.8. The molecule has 33 heavy (non-hydrogen) atoms. The number of amides is 1. The first-order chi connectivity index (χ1) is 16.2. The van der Waals surface area contributed by atoms with Crippen molar-refractivity contribution in [1.29, 1.82) is 0 Å². The molecule has 2 N–H and O–H groups in total. The summed E-state index contributed by atoms with van der Waals surface area (Å²) in [5.74, 6) is 1.15. The summed E-state index contributed by atoms with van der Waals surface area (Å²) in [6.45, 7) is 2.32. The van der Waals surface area contributed by atoms with Crippen LogP contribution in [0, 0.1) is 6.92 Å². The van der Waals surface area contributed by atoms with Crippen LogP contribution in [0.1, 0.15) is 21.5 Å². The Morgan fingerprint density at radius 3 is 2.70 bits per heavy atom. The zero-order valence-electron chi connectivity index (χ0n) is 17.9. The molecule has 0 aliphatic carbocycles. The lowest BCUT2D eigenvalue weighted by molar-refractivity contribution is 0.0950. The van der Waals surface area contributed by atoms with Crippen LogP contribution in [-0.4, -0.2) is 26.1 Å². The molecule has 0 radical (unpaired) electrons. The minimum Gasteiger partial charge on any atom is -0.456 e. The summed E-state index contributed by atoms with van der Waals surface area (Å²) in [6.07, 6.45) is 8.75. The summed E-state index contributed by atoms with van der Waals surface area (Å²) in [5, 5.41) is 10.7. The zero-order chi connectivity index (χ0) is 22.6. The van der Waals surface area contributed by atoms with Crippen LogP contribution in [0.3, 0.4) is 0 Å². The van der Waals surface area contributed by atoms with Crippen molar-refractivity contribution in [3.8, 4) is 22.6 Å². The highest BCUT2D eigenvalue weighted by atomic mass is 16.5. The SMILES string of the molecule is Cc1c(Oc2ccnc3cc(-c4cn[nH]c4)ccc23)cccc1C(=O)NCc1ccncc1. The van der Waals surface area contributed by atoms with Gasteiger partial charge in [-0.05, 0) is 60.5 Å². The van der Waals surface area contributed by atoms with Crippen molar-refractivity contribution in [2.24, 2.45) is 0 Å². The molecule has 162 valence electrons. The van der Waals surface area contributed by atoms with Crippen molar-refractivity contribution in [2.45, 2.75) is 13.5 Å². The molecule has 2 aromatic carbocycles. The largest absolute Gasteiger partial charge is 0.456 e. The number of benzene rings is 2. The molecule has 0 unspecified atom stereocenters. The van der Waals surface area contributed by atoms with Crippen molar-refractivity contribution < 1.29 is 9.53 Å². The number of carbonyl (C=O) groups excluding carboxylic acids is 1. The number of pyridine rings is 2. The number of rotatable bonds is 6. The van der Waals surface area contributed by atoms with Gasteiger partial charge in [-0.15, -0.1) is 0 Å². The third-order valence-corrected chi connectivity index (χ3v) is 5.49. The maximum Gasteiger partial charge on any atom is 0.251 e. The average molecular weight is 435 g/mol. The number of fused-ring (bicyclic) bond motifs is 1. The van der Waals surface area contributed by atoms with E-state index < -0.39 is 0 Å². The van der Waals surface area contributed by atoms with Crippen LogP contribution < -0.4 is 10.1 Å². The summed E-state index contributed by atoms with van der Waals surface area (Å²) in [4.78, 5) is 21.3. The van der Waals surface area contributed by atoms with Gasteiger partial charge in [-0.3, -0.25) is 19.9 Å². The standard InChI is InChI=1S/C26H21N5O2/c1-17-21(26(32)29-14-18-7-10-27-11-8-18)3-2-4-24(17)33-25-9-12-28-23-13-19(5-6-22(23)25)20-15-30-31-16-20/h2-13,15-16H,14H2,1H3,(H,29,32)(H,30,31). The lowest BCUT2D eigenvalue weighted by Gasteiger charge is -2.14. The normalized spacial score (nSPS) is 10.8. The quantitative estimate of drug-likeness (QED) is 0.389. The summed E-state index contributed by atoms with van der Waals surface area (Å²) in [5.41, 5.74) is 5.15. The molecule has 0 aliphatic rings. The number of nitrogens with one attached hydrogen (secondary N) is 2. The van der Waals surface area contributed by atoms with Gasteiger partial charge in [0.25, 0.3) is 5.91 Å². The monoisotopic (exact) mass is 435 g/mol. The molecule has 7 nitrogen and oxygen atoms in total. The number of carbonyl (C=O) groups is 1. The van der Waals surface area contributed by atoms with Crippen LogP contribution in [0.5, 0.6) is 11.5 Å². The van der Waals surface area contributed by atoms with Gasteiger partial charge in [-0.1, -0.05) is 12.1 Å². The molecule has 0 aliphatic heterocycles. The van der Waals surface area contributed by atoms with Gasteiger partial charge in [0.05, 0.1) is 11.7 Å².